The van der Waals surface area contributed by atoms with Crippen LogP contribution in [0.1, 0.15) is 0 Å². The average molecular weight is 401 g/mol. The monoisotopic (exact) mass is 400 g/mol. The zero-order chi connectivity index (χ0) is 18.4. The maximum atomic E-state index is 5.96. The molecule has 132 valence electrons. The first kappa shape index (κ1) is 18.6. The van der Waals surface area contributed by atoms with Gasteiger partial charge in [0.1, 0.15) is 5.75 Å². The number of benzene rings is 3. The van der Waals surface area contributed by atoms with Crippen molar-refractivity contribution in [2.45, 2.75) is 9.79 Å². The van der Waals surface area contributed by atoms with Crippen molar-refractivity contribution in [3.8, 4) is 5.75 Å². The summed E-state index contributed by atoms with van der Waals surface area (Å²) >= 11 is 13.0. The third kappa shape index (κ3) is 5.14. The Kier molecular flexibility index (Phi) is 6.39. The number of rotatable bonds is 5. The van der Waals surface area contributed by atoms with Gasteiger partial charge in [-0.3, -0.25) is 0 Å². The Balaban J connectivity index is 1.68. The van der Waals surface area contributed by atoms with Crippen LogP contribution in [-0.4, -0.2) is 12.2 Å². The van der Waals surface area contributed by atoms with Gasteiger partial charge in [0.2, 0.25) is 0 Å². The van der Waals surface area contributed by atoms with Crippen LogP contribution >= 0.6 is 35.6 Å². The van der Waals surface area contributed by atoms with Gasteiger partial charge in [-0.15, -0.1) is 0 Å². The quantitative estimate of drug-likeness (QED) is 0.490. The van der Waals surface area contributed by atoms with Gasteiger partial charge in [-0.25, -0.2) is 0 Å². The number of hydrogen-bond acceptors (Lipinski definition) is 3. The Morgan fingerprint density at radius 1 is 0.923 bits per heavy atom. The zero-order valence-corrected chi connectivity index (χ0v) is 16.4. The predicted molar refractivity (Wildman–Crippen MR) is 115 cm³/mol. The fourth-order valence-corrected chi connectivity index (χ4v) is 3.50. The summed E-state index contributed by atoms with van der Waals surface area (Å²) in [6, 6.07) is 23.4. The third-order valence-corrected chi connectivity index (χ3v) is 5.06. The van der Waals surface area contributed by atoms with Crippen molar-refractivity contribution in [1.29, 1.82) is 0 Å². The lowest BCUT2D eigenvalue weighted by Gasteiger charge is -2.14. The van der Waals surface area contributed by atoms with Gasteiger partial charge < -0.3 is 15.4 Å². The van der Waals surface area contributed by atoms with E-state index in [0.717, 1.165) is 31.9 Å². The minimum atomic E-state index is 0.527. The van der Waals surface area contributed by atoms with Gasteiger partial charge in [0.15, 0.2) is 5.11 Å². The normalized spacial score (nSPS) is 10.2. The molecule has 0 aliphatic carbocycles. The van der Waals surface area contributed by atoms with Gasteiger partial charge >= 0.3 is 0 Å². The summed E-state index contributed by atoms with van der Waals surface area (Å²) in [7, 11) is 1.64. The molecule has 0 atom stereocenters. The summed E-state index contributed by atoms with van der Waals surface area (Å²) in [6.07, 6.45) is 0. The number of methoxy groups -OCH3 is 1. The molecule has 26 heavy (non-hydrogen) atoms. The molecule has 0 radical (unpaired) electrons. The van der Waals surface area contributed by atoms with E-state index < -0.39 is 0 Å². The first-order chi connectivity index (χ1) is 12.6. The molecule has 6 heteroatoms. The van der Waals surface area contributed by atoms with Gasteiger partial charge in [0.05, 0.1) is 12.8 Å². The molecule has 3 aromatic carbocycles. The van der Waals surface area contributed by atoms with Crippen molar-refractivity contribution < 1.29 is 4.74 Å². The summed E-state index contributed by atoms with van der Waals surface area (Å²) in [6.45, 7) is 0. The van der Waals surface area contributed by atoms with E-state index >= 15 is 0 Å². The number of thiocarbonyl (C=S) groups is 1. The lowest BCUT2D eigenvalue weighted by molar-refractivity contribution is 0.415. The van der Waals surface area contributed by atoms with Crippen LogP contribution in [-0.2, 0) is 0 Å². The molecule has 3 nitrogen and oxygen atoms in total. The molecular formula is C20H17ClN2OS2. The maximum absolute atomic E-state index is 5.96. The Labute approximate surface area is 167 Å². The van der Waals surface area contributed by atoms with E-state index in [4.69, 9.17) is 28.6 Å². The van der Waals surface area contributed by atoms with Crippen molar-refractivity contribution in [1.82, 2.24) is 0 Å². The molecule has 3 aromatic rings. The zero-order valence-electron chi connectivity index (χ0n) is 14.0. The molecule has 3 rings (SSSR count). The van der Waals surface area contributed by atoms with Crippen molar-refractivity contribution in [2.24, 2.45) is 0 Å². The molecule has 0 saturated carbocycles. The molecule has 0 heterocycles. The highest BCUT2D eigenvalue weighted by molar-refractivity contribution is 7.99. The van der Waals surface area contributed by atoms with Crippen LogP contribution in [0.5, 0.6) is 5.75 Å². The van der Waals surface area contributed by atoms with E-state index in [9.17, 15) is 0 Å². The van der Waals surface area contributed by atoms with E-state index in [1.165, 1.54) is 0 Å². The van der Waals surface area contributed by atoms with E-state index in [-0.39, 0.29) is 0 Å². The Bertz CT molecular complexity index is 883. The predicted octanol–water partition coefficient (Wildman–Crippen LogP) is 6.31. The fourth-order valence-electron chi connectivity index (χ4n) is 2.25. The number of hydrogen-bond donors (Lipinski definition) is 2. The second kappa shape index (κ2) is 8.94. The Morgan fingerprint density at radius 2 is 1.62 bits per heavy atom. The highest BCUT2D eigenvalue weighted by Crippen LogP contribution is 2.34. The molecule has 0 fully saturated rings. The van der Waals surface area contributed by atoms with E-state index in [1.807, 2.05) is 66.7 Å². The van der Waals surface area contributed by atoms with E-state index in [0.29, 0.717) is 5.11 Å². The van der Waals surface area contributed by atoms with Crippen molar-refractivity contribution in [2.75, 3.05) is 17.7 Å². The molecule has 0 amide bonds. The largest absolute Gasteiger partial charge is 0.497 e. The van der Waals surface area contributed by atoms with Gasteiger partial charge in [0, 0.05) is 20.5 Å². The number of para-hydroxylation sites is 1. The summed E-state index contributed by atoms with van der Waals surface area (Å²) in [5.41, 5.74) is 1.84. The summed E-state index contributed by atoms with van der Waals surface area (Å²) in [4.78, 5) is 2.19. The van der Waals surface area contributed by atoms with Crippen molar-refractivity contribution in [3.63, 3.8) is 0 Å². The number of anilines is 2. The number of ether oxygens (including phenoxy) is 1. The van der Waals surface area contributed by atoms with Crippen molar-refractivity contribution in [3.05, 3.63) is 77.8 Å². The SMILES string of the molecule is COc1ccc(NC(=S)Nc2ccccc2Sc2ccc(Cl)cc2)cc1. The van der Waals surface area contributed by atoms with Gasteiger partial charge in [-0.2, -0.15) is 0 Å². The van der Waals surface area contributed by atoms with Gasteiger partial charge in [0.25, 0.3) is 0 Å². The summed E-state index contributed by atoms with van der Waals surface area (Å²) in [5.74, 6) is 0.805. The second-order valence-electron chi connectivity index (χ2n) is 5.36. The molecule has 0 saturated heterocycles. The first-order valence-electron chi connectivity index (χ1n) is 7.88. The molecule has 0 aliphatic heterocycles. The summed E-state index contributed by atoms with van der Waals surface area (Å²) < 4.78 is 5.16. The van der Waals surface area contributed by atoms with E-state index in [1.54, 1.807) is 18.9 Å². The van der Waals surface area contributed by atoms with Crippen LogP contribution in [0.15, 0.2) is 82.6 Å². The molecule has 0 bridgehead atoms. The van der Waals surface area contributed by atoms with Crippen LogP contribution in [0, 0.1) is 0 Å². The molecule has 2 N–H and O–H groups in total. The minimum Gasteiger partial charge on any atom is -0.497 e. The topological polar surface area (TPSA) is 33.3 Å². The average Bonchev–Trinajstić information content (AvgIpc) is 2.66. The van der Waals surface area contributed by atoms with Gasteiger partial charge in [-0.05, 0) is 72.9 Å². The van der Waals surface area contributed by atoms with Crippen LogP contribution in [0.4, 0.5) is 11.4 Å². The molecular weight excluding hydrogens is 384 g/mol. The van der Waals surface area contributed by atoms with Crippen LogP contribution in [0.2, 0.25) is 5.02 Å². The van der Waals surface area contributed by atoms with E-state index in [2.05, 4.69) is 16.7 Å². The highest BCUT2D eigenvalue weighted by atomic mass is 35.5. The standard InChI is InChI=1S/C20H17ClN2OS2/c1-24-16-10-8-15(9-11-16)22-20(25)23-18-4-2-3-5-19(18)26-17-12-6-14(21)7-13-17/h2-13H,1H3,(H2,22,23,25). The molecule has 0 spiro atoms. The van der Waals surface area contributed by atoms with Crippen molar-refractivity contribution >= 4 is 52.1 Å². The first-order valence-corrected chi connectivity index (χ1v) is 9.49. The fraction of sp³-hybridized carbons (Fsp3) is 0.0500. The minimum absolute atomic E-state index is 0.527. The molecule has 0 aromatic heterocycles. The molecule has 0 unspecified atom stereocenters. The highest BCUT2D eigenvalue weighted by Gasteiger charge is 2.06. The number of halogens is 1. The third-order valence-electron chi connectivity index (χ3n) is 3.52. The van der Waals surface area contributed by atoms with Crippen LogP contribution in [0.25, 0.3) is 0 Å². The summed E-state index contributed by atoms with van der Waals surface area (Å²) in [5, 5.41) is 7.69. The molecule has 0 aliphatic rings. The lowest BCUT2D eigenvalue weighted by atomic mass is 10.3. The smallest absolute Gasteiger partial charge is 0.175 e. The Hall–Kier alpha value is -2.21. The maximum Gasteiger partial charge on any atom is 0.175 e. The Morgan fingerprint density at radius 3 is 2.31 bits per heavy atom. The van der Waals surface area contributed by atoms with Crippen LogP contribution in [0.3, 0.4) is 0 Å². The second-order valence-corrected chi connectivity index (χ2v) is 7.32. The van der Waals surface area contributed by atoms with Crippen LogP contribution < -0.4 is 15.4 Å². The number of nitrogens with one attached hydrogen (secondary N) is 2. The lowest BCUT2D eigenvalue weighted by Crippen LogP contribution is -2.19. The van der Waals surface area contributed by atoms with Gasteiger partial charge in [-0.1, -0.05) is 35.5 Å².